The van der Waals surface area contributed by atoms with E-state index in [0.717, 1.165) is 171 Å². The number of nitrogens with two attached hydrogens (primary N) is 4. The summed E-state index contributed by atoms with van der Waals surface area (Å²) >= 11 is 0. The molecule has 0 aromatic heterocycles. The lowest BCUT2D eigenvalue weighted by atomic mass is 10.2. The molecule has 24 nitrogen and oxygen atoms in total. The van der Waals surface area contributed by atoms with Crippen LogP contribution in [0.5, 0.6) is 0 Å². The van der Waals surface area contributed by atoms with Crippen molar-refractivity contribution in [3.63, 3.8) is 0 Å². The first kappa shape index (κ1) is 115. The van der Waals surface area contributed by atoms with E-state index in [4.69, 9.17) is 23.4 Å². The van der Waals surface area contributed by atoms with Crippen molar-refractivity contribution in [3.05, 3.63) is 0 Å². The molecule has 2 rings (SSSR count). The van der Waals surface area contributed by atoms with E-state index in [-0.39, 0.29) is 148 Å². The number of hydrogen-bond donors (Lipinski definition) is 10. The summed E-state index contributed by atoms with van der Waals surface area (Å²) in [4.78, 5) is 49.2. The Morgan fingerprint density at radius 3 is 1.03 bits per heavy atom. The van der Waals surface area contributed by atoms with Crippen LogP contribution in [0.2, 0.25) is 0 Å². The first-order valence-electron chi connectivity index (χ1n) is 29.1. The van der Waals surface area contributed by atoms with Gasteiger partial charge in [0.2, 0.25) is 11.8 Å². The fourth-order valence-electron chi connectivity index (χ4n) is 8.58. The predicted octanol–water partition coefficient (Wildman–Crippen LogP) is -35.0. The van der Waals surface area contributed by atoms with E-state index in [1.54, 1.807) is 0 Å². The highest BCUT2D eigenvalue weighted by atomic mass is 35.5. The topological polar surface area (TPSA) is 240 Å². The summed E-state index contributed by atoms with van der Waals surface area (Å²) in [6.45, 7) is 23.7. The van der Waals surface area contributed by atoms with Crippen molar-refractivity contribution in [1.82, 2.24) is 31.9 Å². The lowest BCUT2D eigenvalue weighted by Crippen LogP contribution is -3.16. The van der Waals surface area contributed by atoms with Gasteiger partial charge in [-0.15, -0.1) is 0 Å². The zero-order valence-corrected chi connectivity index (χ0v) is 66.0. The standard InChI is InChI=1S/C17H43N6O.C16H38N6O.C13H30N4O.C8H18N4O.10ClH/c1-20(2,3)10-13-23(16-17(24)19-18,14-11-21(4,5)6)15-12-22(7,8)9;1-20(2)9-7-19(15-16(23)18-17)8-10-21(3,4)12-14-22(5,6)13-11-20;1-17(2,3)12-8-4-6-10-15-11-7-5-9-13(18)16-14;1-12(2)5-3-11(4-6-12)7-8(13)10-9;;;;;;;;;;/h10-16,18H2,1-9H3;7-15,17H2,1-6H3;15H,4-12,14H2,1-3H3;3-7,9H2,1-2H3;10*1H/q+3;+2;;;;;;;;;;;;/p-5. The van der Waals surface area contributed by atoms with E-state index in [1.165, 1.54) is 43.8 Å². The maximum atomic E-state index is 12.1. The van der Waals surface area contributed by atoms with Crippen LogP contribution in [0.1, 0.15) is 38.5 Å². The lowest BCUT2D eigenvalue weighted by molar-refractivity contribution is -1.00. The van der Waals surface area contributed by atoms with Crippen LogP contribution in [-0.2, 0) is 19.2 Å². The Bertz CT molecular complexity index is 1620. The Hall–Kier alpha value is 0.140. The molecule has 2 aliphatic heterocycles. The second-order valence-electron chi connectivity index (χ2n) is 29.5. The Labute approximate surface area is 600 Å². The number of piperazine rings is 1. The molecule has 544 valence electrons. The third kappa shape index (κ3) is 70.5. The first-order chi connectivity index (χ1) is 35.5. The summed E-state index contributed by atoms with van der Waals surface area (Å²) in [5.74, 6) is 20.4. The summed E-state index contributed by atoms with van der Waals surface area (Å²) in [6, 6.07) is 0. The van der Waals surface area contributed by atoms with Gasteiger partial charge >= 0.3 is 0 Å². The van der Waals surface area contributed by atoms with Crippen LogP contribution in [0.3, 0.4) is 0 Å². The summed E-state index contributed by atoms with van der Waals surface area (Å²) < 4.78 is 8.66. The molecule has 0 bridgehead atoms. The van der Waals surface area contributed by atoms with Gasteiger partial charge < -0.3 is 175 Å². The Morgan fingerprint density at radius 1 is 0.386 bits per heavy atom. The molecular formula is C54H134Cl10N20O4. The average Bonchev–Trinajstić information content (AvgIpc) is 3.32. The smallest absolute Gasteiger partial charge is 0.289 e. The number of carbonyl (C=O) groups is 4. The van der Waals surface area contributed by atoms with E-state index in [1.807, 2.05) is 0 Å². The minimum Gasteiger partial charge on any atom is -1.00 e. The molecule has 2 saturated heterocycles. The fourth-order valence-corrected chi connectivity index (χ4v) is 8.58. The molecule has 0 aliphatic carbocycles. The van der Waals surface area contributed by atoms with Crippen molar-refractivity contribution >= 4 is 23.6 Å². The molecule has 88 heavy (non-hydrogen) atoms. The number of nitrogens with one attached hydrogen (secondary N) is 6. The van der Waals surface area contributed by atoms with Crippen LogP contribution in [0, 0.1) is 0 Å². The number of rotatable bonds is 26. The lowest BCUT2D eigenvalue weighted by Gasteiger charge is -2.42. The van der Waals surface area contributed by atoms with Gasteiger partial charge in [0.15, 0.2) is 13.1 Å². The molecule has 0 atom stereocenters. The number of nitrogens with zero attached hydrogens (tertiary/aromatic N) is 10. The zero-order valence-electron chi connectivity index (χ0n) is 58.4. The van der Waals surface area contributed by atoms with Gasteiger partial charge in [0.25, 0.3) is 11.8 Å². The fraction of sp³-hybridized carbons (Fsp3) is 0.926. The van der Waals surface area contributed by atoms with E-state index >= 15 is 0 Å². The van der Waals surface area contributed by atoms with Gasteiger partial charge in [-0.2, -0.15) is 0 Å². The van der Waals surface area contributed by atoms with Gasteiger partial charge in [-0.1, -0.05) is 0 Å². The number of hydrazine groups is 4. The van der Waals surface area contributed by atoms with Gasteiger partial charge in [-0.3, -0.25) is 45.8 Å². The Morgan fingerprint density at radius 2 is 0.705 bits per heavy atom. The van der Waals surface area contributed by atoms with Gasteiger partial charge in [0.05, 0.1) is 167 Å². The molecule has 2 heterocycles. The van der Waals surface area contributed by atoms with Crippen molar-refractivity contribution in [2.75, 3.05) is 298 Å². The van der Waals surface area contributed by atoms with Gasteiger partial charge in [-0.25, -0.2) is 23.4 Å². The van der Waals surface area contributed by atoms with Crippen LogP contribution in [0.15, 0.2) is 0 Å². The van der Waals surface area contributed by atoms with Gasteiger partial charge in [-0.05, 0) is 45.2 Å². The molecule has 0 unspecified atom stereocenters. The summed E-state index contributed by atoms with van der Waals surface area (Å²) in [6.07, 6.45) is 6.29. The average molecular weight is 1480 g/mol. The van der Waals surface area contributed by atoms with E-state index < -0.39 is 0 Å². The molecular weight excluding hydrogens is 1350 g/mol. The second kappa shape index (κ2) is 56.3. The van der Waals surface area contributed by atoms with Crippen molar-refractivity contribution in [2.24, 2.45) is 23.4 Å². The van der Waals surface area contributed by atoms with Crippen LogP contribution in [0.4, 0.5) is 0 Å². The van der Waals surface area contributed by atoms with Gasteiger partial charge in [0.1, 0.15) is 91.6 Å². The molecule has 0 saturated carbocycles. The van der Waals surface area contributed by atoms with Crippen molar-refractivity contribution < 1.29 is 188 Å². The number of halogens is 10. The quantitative estimate of drug-likeness (QED) is 0.0129. The minimum atomic E-state index is -0.106. The largest absolute Gasteiger partial charge is 1.00 e. The normalized spacial score (nSPS) is 16.3. The van der Waals surface area contributed by atoms with Crippen molar-refractivity contribution in [2.45, 2.75) is 38.5 Å². The molecule has 4 amide bonds. The molecule has 0 radical (unpaired) electrons. The highest BCUT2D eigenvalue weighted by molar-refractivity contribution is 5.77. The van der Waals surface area contributed by atoms with Crippen LogP contribution < -0.4 is 179 Å². The third-order valence-corrected chi connectivity index (χ3v) is 15.1. The maximum Gasteiger partial charge on any atom is 0.289 e. The number of hydrogen-bond acceptors (Lipinski definition) is 10. The number of likely N-dealkylation sites (N-methyl/N-ethyl adjacent to an activating group) is 7. The van der Waals surface area contributed by atoms with Crippen molar-refractivity contribution in [3.8, 4) is 0 Å². The van der Waals surface area contributed by atoms with Gasteiger partial charge in [0, 0.05) is 19.5 Å². The summed E-state index contributed by atoms with van der Waals surface area (Å²) in [5.41, 5.74) is 8.91. The Kier molecular flexibility index (Phi) is 73.9. The van der Waals surface area contributed by atoms with E-state index in [2.05, 4.69) is 173 Å². The maximum absolute atomic E-state index is 12.1. The number of carbonyl (C=O) groups excluding carboxylic acids is 4. The summed E-state index contributed by atoms with van der Waals surface area (Å²) in [7, 11) is 44.8. The molecule has 2 fully saturated rings. The monoisotopic (exact) mass is 1480 g/mol. The molecule has 34 heteroatoms. The van der Waals surface area contributed by atoms with Crippen LogP contribution in [0.25, 0.3) is 0 Å². The van der Waals surface area contributed by atoms with Crippen molar-refractivity contribution in [1.29, 1.82) is 0 Å². The number of quaternary nitrogens is 10. The first-order valence-corrected chi connectivity index (χ1v) is 29.1. The predicted molar refractivity (Wildman–Crippen MR) is 321 cm³/mol. The molecule has 14 N–H and O–H groups in total. The van der Waals surface area contributed by atoms with E-state index in [9.17, 15) is 19.2 Å². The molecule has 0 aromatic carbocycles. The highest BCUT2D eigenvalue weighted by Gasteiger charge is 2.36. The summed E-state index contributed by atoms with van der Waals surface area (Å²) in [5, 5.41) is 3.41. The number of unbranched alkanes of at least 4 members (excludes halogenated alkanes) is 3. The molecule has 0 spiro atoms. The highest BCUT2D eigenvalue weighted by Crippen LogP contribution is 2.13. The molecule has 2 aliphatic rings. The number of amides is 4. The Balaban J connectivity index is -0.0000000858. The zero-order chi connectivity index (χ0) is 60.7. The van der Waals surface area contributed by atoms with Crippen LogP contribution >= 0.6 is 0 Å². The SMILES string of the molecule is C[N+](C)(C)CCCCCNCCCCC(=O)NN.C[N+](C)(C)CC[N+](CC[N+](C)(C)C)(CC[N+](C)(C)C)CC(=O)NN.C[N+]1(C)CCN(CC(=O)NN)CC[N+](C)(C)CC[N+](C)(C)CC1.C[N+]1(C)CC[NH+](CC(=O)NN)CC1.[Cl-].[Cl-].[Cl-].[Cl-].[Cl-].[Cl-].[Cl-].[Cl-].[Cl-].[Cl-]. The van der Waals surface area contributed by atoms with Crippen LogP contribution in [-0.4, -0.2) is 367 Å². The third-order valence-electron chi connectivity index (χ3n) is 15.1. The minimum absolute atomic E-state index is 0. The second-order valence-corrected chi connectivity index (χ2v) is 29.5. The molecule has 0 aromatic rings. The van der Waals surface area contributed by atoms with E-state index in [0.29, 0.717) is 26.1 Å².